The second kappa shape index (κ2) is 13.1. The molecule has 11 nitrogen and oxygen atoms in total. The van der Waals surface area contributed by atoms with Gasteiger partial charge in [-0.2, -0.15) is 0 Å². The number of quaternary nitrogens is 2. The second-order valence-electron chi connectivity index (χ2n) is 0.816. The molecule has 0 amide bonds. The molecule has 14 heteroatoms. The van der Waals surface area contributed by atoms with Crippen molar-refractivity contribution in [1.82, 2.24) is 18.5 Å². The van der Waals surface area contributed by atoms with E-state index in [0.717, 1.165) is 0 Å². The monoisotopic (exact) mass is 304 g/mol. The van der Waals surface area contributed by atoms with Crippen molar-refractivity contribution in [2.24, 2.45) is 0 Å². The van der Waals surface area contributed by atoms with Gasteiger partial charge in [0.05, 0.1) is 0 Å². The Balaban J connectivity index is -0.0000000178. The van der Waals surface area contributed by atoms with Crippen molar-refractivity contribution < 1.29 is 51.8 Å². The van der Waals surface area contributed by atoms with Gasteiger partial charge in [0.1, 0.15) is 0 Å². The molecule has 14 heavy (non-hydrogen) atoms. The first-order chi connectivity index (χ1) is 4.00. The van der Waals surface area contributed by atoms with Crippen LogP contribution in [0.1, 0.15) is 0 Å². The summed E-state index contributed by atoms with van der Waals surface area (Å²) in [6.07, 6.45) is 0. The van der Waals surface area contributed by atoms with Gasteiger partial charge in [0.15, 0.2) is 0 Å². The van der Waals surface area contributed by atoms with E-state index >= 15 is 0 Å². The molecule has 0 aromatic heterocycles. The Labute approximate surface area is 91.4 Å². The third-order valence-electron chi connectivity index (χ3n) is 0. The fraction of sp³-hybridized carbons (Fsp3) is 0. The van der Waals surface area contributed by atoms with Crippen molar-refractivity contribution in [3.63, 3.8) is 0 Å². The van der Waals surface area contributed by atoms with Crippen molar-refractivity contribution in [3.8, 4) is 0 Å². The normalized spacial score (nSPS) is 8.29. The van der Waals surface area contributed by atoms with Crippen molar-refractivity contribution in [1.29, 1.82) is 0 Å². The van der Waals surface area contributed by atoms with E-state index in [1.807, 2.05) is 0 Å². The van der Waals surface area contributed by atoms with Crippen LogP contribution in [0.25, 0.3) is 0 Å². The second-order valence-corrected chi connectivity index (χ2v) is 2.45. The first kappa shape index (κ1) is 36.9. The molecule has 95 valence electrons. The fourth-order valence-corrected chi connectivity index (χ4v) is 0. The van der Waals surface area contributed by atoms with Crippen molar-refractivity contribution in [2.45, 2.75) is 0 Å². The Morgan fingerprint density at radius 2 is 0.643 bits per heavy atom. The molecule has 0 saturated heterocycles. The van der Waals surface area contributed by atoms with Crippen LogP contribution in [-0.4, -0.2) is 35.0 Å². The molecular weight excluding hydrogens is 293 g/mol. The first-order valence-corrected chi connectivity index (χ1v) is 4.00. The average molecular weight is 304 g/mol. The van der Waals surface area contributed by atoms with E-state index in [1.54, 1.807) is 0 Å². The summed E-state index contributed by atoms with van der Waals surface area (Å²) in [4.78, 5) is 0. The summed E-state index contributed by atoms with van der Waals surface area (Å²) in [5, 5.41) is 0. The maximum absolute atomic E-state index is 8.52. The molecule has 0 fully saturated rings. The minimum atomic E-state index is -5.17. The maximum atomic E-state index is 8.52. The van der Waals surface area contributed by atoms with Crippen LogP contribution in [-0.2, 0) is 37.6 Å². The van der Waals surface area contributed by atoms with Gasteiger partial charge in [-0.1, -0.05) is 0 Å². The summed E-state index contributed by atoms with van der Waals surface area (Å²) in [7, 11) is -10.3. The van der Waals surface area contributed by atoms with Crippen LogP contribution in [0.4, 0.5) is 0 Å². The van der Waals surface area contributed by atoms with Gasteiger partial charge in [-0.3, -0.25) is 16.8 Å². The standard InChI is InChI=1S/Co.3H3N.2H2O4S/c;;;;2*1-5(2,3)4/h;3*1H3;2*(H2,1,2,3,4)/q+2;;;;;/p-2. The molecule has 0 heterocycles. The van der Waals surface area contributed by atoms with Gasteiger partial charge >= 0.3 is 16.8 Å². The van der Waals surface area contributed by atoms with E-state index < -0.39 is 20.8 Å². The Hall–Kier alpha value is 0.126. The summed E-state index contributed by atoms with van der Waals surface area (Å²) in [6.45, 7) is 0. The minimum Gasteiger partial charge on any atom is -0.759 e. The van der Waals surface area contributed by atoms with Gasteiger partial charge in [-0.05, 0) is 0 Å². The Morgan fingerprint density at radius 1 is 0.643 bits per heavy atom. The molecular formula is H11CoN3O8S2. The van der Waals surface area contributed by atoms with Gasteiger partial charge in [0.25, 0.3) is 0 Å². The molecule has 1 radical (unpaired) electrons. The summed E-state index contributed by atoms with van der Waals surface area (Å²) in [5.74, 6) is 0. The number of hydrogen-bond acceptors (Lipinski definition) is 9. The summed E-state index contributed by atoms with van der Waals surface area (Å²) in [6, 6.07) is 0. The van der Waals surface area contributed by atoms with Crippen LogP contribution in [0.15, 0.2) is 0 Å². The van der Waals surface area contributed by atoms with Gasteiger partial charge in [0, 0.05) is 20.8 Å². The van der Waals surface area contributed by atoms with Crippen LogP contribution in [0.3, 0.4) is 0 Å². The molecule has 11 N–H and O–H groups in total. The third-order valence-corrected chi connectivity index (χ3v) is 0. The summed E-state index contributed by atoms with van der Waals surface area (Å²) in [5.41, 5.74) is 0. The van der Waals surface area contributed by atoms with E-state index in [2.05, 4.69) is 0 Å². The maximum Gasteiger partial charge on any atom is 2.00 e. The molecule has 0 spiro atoms. The Kier molecular flexibility index (Phi) is 34.6. The van der Waals surface area contributed by atoms with E-state index in [9.17, 15) is 0 Å². The molecule has 0 saturated carbocycles. The van der Waals surface area contributed by atoms with Gasteiger partial charge in [-0.15, -0.1) is 0 Å². The van der Waals surface area contributed by atoms with Crippen molar-refractivity contribution >= 4 is 20.8 Å². The molecule has 0 atom stereocenters. The molecule has 0 bridgehead atoms. The van der Waals surface area contributed by atoms with Gasteiger partial charge in [0.2, 0.25) is 0 Å². The van der Waals surface area contributed by atoms with Crippen molar-refractivity contribution in [3.05, 3.63) is 0 Å². The molecule has 0 aromatic rings. The summed E-state index contributed by atoms with van der Waals surface area (Å²) < 4.78 is 68.2. The smallest absolute Gasteiger partial charge is 0.759 e. The summed E-state index contributed by atoms with van der Waals surface area (Å²) >= 11 is 0. The van der Waals surface area contributed by atoms with Crippen LogP contribution in [0.2, 0.25) is 0 Å². The van der Waals surface area contributed by atoms with E-state index in [-0.39, 0.29) is 35.2 Å². The predicted octanol–water partition coefficient (Wildman–Crippen LogP) is -1.76. The SMILES string of the molecule is N.O=S(=O)([O-])[O-].O=S(=O)([O-])[O-].[Co+2].[NH4+].[NH4+]. The third kappa shape index (κ3) is 93800. The van der Waals surface area contributed by atoms with Crippen LogP contribution in [0, 0.1) is 0 Å². The Morgan fingerprint density at radius 3 is 0.643 bits per heavy atom. The Bertz CT molecular complexity index is 219. The van der Waals surface area contributed by atoms with Crippen LogP contribution >= 0.6 is 0 Å². The van der Waals surface area contributed by atoms with E-state index in [4.69, 9.17) is 35.0 Å². The molecule has 0 aromatic carbocycles. The topological polar surface area (TPSA) is 269 Å². The molecule has 0 rings (SSSR count). The molecule has 0 unspecified atom stereocenters. The average Bonchev–Trinajstić information content (AvgIpc) is 1.12. The van der Waals surface area contributed by atoms with E-state index in [0.29, 0.717) is 0 Å². The van der Waals surface area contributed by atoms with Crippen LogP contribution in [0.5, 0.6) is 0 Å². The van der Waals surface area contributed by atoms with E-state index in [1.165, 1.54) is 0 Å². The first-order valence-electron chi connectivity index (χ1n) is 1.33. The minimum absolute atomic E-state index is 0. The van der Waals surface area contributed by atoms with Crippen molar-refractivity contribution in [2.75, 3.05) is 0 Å². The van der Waals surface area contributed by atoms with Crippen LogP contribution < -0.4 is 18.5 Å². The fourth-order valence-electron chi connectivity index (χ4n) is 0. The molecule has 0 aliphatic heterocycles. The molecule has 0 aliphatic rings. The van der Waals surface area contributed by atoms with Gasteiger partial charge in [-0.25, -0.2) is 0 Å². The predicted molar refractivity (Wildman–Crippen MR) is 37.9 cm³/mol. The number of rotatable bonds is 0. The molecule has 0 aliphatic carbocycles. The largest absolute Gasteiger partial charge is 2.00 e. The quantitative estimate of drug-likeness (QED) is 0.336. The zero-order valence-electron chi connectivity index (χ0n) is 7.12. The number of hydrogen-bond donors (Lipinski definition) is 3. The van der Waals surface area contributed by atoms with Gasteiger partial charge < -0.3 is 36.7 Å². The zero-order valence-corrected chi connectivity index (χ0v) is 9.80. The zero-order chi connectivity index (χ0) is 9.00.